The number of hydrogen-bond donors (Lipinski definition) is 1. The van der Waals surface area contributed by atoms with E-state index in [-0.39, 0.29) is 11.2 Å². The highest BCUT2D eigenvalue weighted by molar-refractivity contribution is 5.58. The Kier molecular flexibility index (Phi) is 4.39. The zero-order chi connectivity index (χ0) is 19.9. The van der Waals surface area contributed by atoms with Crippen molar-refractivity contribution in [1.29, 1.82) is 0 Å². The van der Waals surface area contributed by atoms with E-state index in [4.69, 9.17) is 0 Å². The van der Waals surface area contributed by atoms with E-state index in [1.54, 1.807) is 12.1 Å². The van der Waals surface area contributed by atoms with Crippen molar-refractivity contribution >= 4 is 6.08 Å². The molecule has 148 valence electrons. The monoisotopic (exact) mass is 388 g/mol. The Balaban J connectivity index is 1.58. The second kappa shape index (κ2) is 6.96. The molecule has 4 heteroatoms. The molecule has 1 spiro atoms. The quantitative estimate of drug-likeness (QED) is 0.637. The third kappa shape index (κ3) is 2.94. The molecule has 3 aromatic rings. The summed E-state index contributed by atoms with van der Waals surface area (Å²) in [5, 5.41) is 16.6. The molecule has 2 aliphatic rings. The first kappa shape index (κ1) is 18.3. The van der Waals surface area contributed by atoms with Crippen LogP contribution in [0.1, 0.15) is 48.9 Å². The van der Waals surface area contributed by atoms with Gasteiger partial charge in [0, 0.05) is 5.41 Å². The highest BCUT2D eigenvalue weighted by Gasteiger charge is 2.51. The Hall–Kier alpha value is -2.72. The summed E-state index contributed by atoms with van der Waals surface area (Å²) in [4.78, 5) is 0. The molecule has 29 heavy (non-hydrogen) atoms. The Morgan fingerprint density at radius 3 is 2.48 bits per heavy atom. The van der Waals surface area contributed by atoms with Gasteiger partial charge in [-0.05, 0) is 60.7 Å². The molecule has 1 N–H and O–H groups in total. The highest BCUT2D eigenvalue weighted by atomic mass is 19.1. The topological polar surface area (TPSA) is 38.1 Å². The van der Waals surface area contributed by atoms with Crippen LogP contribution in [-0.2, 0) is 12.0 Å². The van der Waals surface area contributed by atoms with E-state index >= 15 is 0 Å². The summed E-state index contributed by atoms with van der Waals surface area (Å²) in [5.41, 5.74) is 2.76. The number of aromatic nitrogens is 2. The standard InChI is InChI=1S/C25H25FN2O/c26-21-9-11-22(12-10-21)28-23-13-16-24(17-19(23)18-27-28)14-5-2-6-15-25(24,29)20-7-3-1-4-8-20/h1,3-4,7-13,16,18,29H,2,5-6,14-15,17H2/t24-,25+/m0/s1. The van der Waals surface area contributed by atoms with Crippen LogP contribution in [0.25, 0.3) is 11.8 Å². The summed E-state index contributed by atoms with van der Waals surface area (Å²) in [5.74, 6) is -0.254. The van der Waals surface area contributed by atoms with Crippen LogP contribution in [0.15, 0.2) is 66.9 Å². The van der Waals surface area contributed by atoms with Gasteiger partial charge in [0.1, 0.15) is 5.82 Å². The number of fused-ring (bicyclic) bond motifs is 1. The Morgan fingerprint density at radius 1 is 0.931 bits per heavy atom. The van der Waals surface area contributed by atoms with E-state index in [1.165, 1.54) is 12.1 Å². The molecule has 1 fully saturated rings. The fraction of sp³-hybridized carbons (Fsp3) is 0.320. The summed E-state index contributed by atoms with van der Waals surface area (Å²) >= 11 is 0. The molecule has 1 aromatic heterocycles. The van der Waals surface area contributed by atoms with Gasteiger partial charge in [-0.15, -0.1) is 0 Å². The number of halogens is 1. The lowest BCUT2D eigenvalue weighted by atomic mass is 9.61. The lowest BCUT2D eigenvalue weighted by molar-refractivity contribution is -0.0726. The maximum atomic E-state index is 13.3. The minimum absolute atomic E-state index is 0.254. The van der Waals surface area contributed by atoms with Crippen LogP contribution >= 0.6 is 0 Å². The molecular weight excluding hydrogens is 363 g/mol. The molecule has 0 unspecified atom stereocenters. The van der Waals surface area contributed by atoms with E-state index in [1.807, 2.05) is 29.1 Å². The van der Waals surface area contributed by atoms with Crippen LogP contribution in [0.2, 0.25) is 0 Å². The lowest BCUT2D eigenvalue weighted by Crippen LogP contribution is -2.46. The molecule has 1 heterocycles. The number of benzene rings is 2. The van der Waals surface area contributed by atoms with Gasteiger partial charge in [-0.25, -0.2) is 9.07 Å². The molecule has 0 saturated heterocycles. The molecule has 2 atom stereocenters. The van der Waals surface area contributed by atoms with E-state index in [0.29, 0.717) is 0 Å². The van der Waals surface area contributed by atoms with Crippen LogP contribution in [0.5, 0.6) is 0 Å². The number of nitrogens with zero attached hydrogens (tertiary/aromatic N) is 2. The Morgan fingerprint density at radius 2 is 1.69 bits per heavy atom. The van der Waals surface area contributed by atoms with Gasteiger partial charge in [-0.1, -0.05) is 55.7 Å². The van der Waals surface area contributed by atoms with Gasteiger partial charge < -0.3 is 5.11 Å². The SMILES string of the molecule is O[C@@]1(c2ccccc2)CCCCC[C@@]12C=Cc1c(cnn1-c1ccc(F)cc1)C2. The molecular formula is C25H25FN2O. The van der Waals surface area contributed by atoms with E-state index in [0.717, 1.165) is 61.0 Å². The molecule has 0 bridgehead atoms. The average molecular weight is 388 g/mol. The molecule has 2 aromatic carbocycles. The Bertz CT molecular complexity index is 1040. The summed E-state index contributed by atoms with van der Waals surface area (Å²) in [6.07, 6.45) is 12.0. The normalized spacial score (nSPS) is 26.3. The summed E-state index contributed by atoms with van der Waals surface area (Å²) < 4.78 is 15.2. The van der Waals surface area contributed by atoms with Gasteiger partial charge >= 0.3 is 0 Å². The highest BCUT2D eigenvalue weighted by Crippen LogP contribution is 2.54. The minimum atomic E-state index is -0.892. The first-order valence-electron chi connectivity index (χ1n) is 10.4. The molecule has 0 amide bonds. The van der Waals surface area contributed by atoms with Gasteiger partial charge in [0.2, 0.25) is 0 Å². The lowest BCUT2D eigenvalue weighted by Gasteiger charge is -2.47. The number of hydrogen-bond acceptors (Lipinski definition) is 2. The molecule has 5 rings (SSSR count). The number of aliphatic hydroxyl groups is 1. The van der Waals surface area contributed by atoms with E-state index < -0.39 is 5.60 Å². The smallest absolute Gasteiger partial charge is 0.123 e. The average Bonchev–Trinajstić information content (AvgIpc) is 3.10. The van der Waals surface area contributed by atoms with E-state index in [2.05, 4.69) is 29.4 Å². The van der Waals surface area contributed by atoms with Gasteiger partial charge in [0.15, 0.2) is 0 Å². The third-order valence-electron chi connectivity index (χ3n) is 6.76. The summed E-state index contributed by atoms with van der Waals surface area (Å²) in [6.45, 7) is 0. The summed E-state index contributed by atoms with van der Waals surface area (Å²) in [6, 6.07) is 16.5. The van der Waals surface area contributed by atoms with Crippen molar-refractivity contribution in [3.63, 3.8) is 0 Å². The maximum Gasteiger partial charge on any atom is 0.123 e. The van der Waals surface area contributed by atoms with Crippen molar-refractivity contribution in [2.45, 2.75) is 44.1 Å². The fourth-order valence-corrected chi connectivity index (χ4v) is 5.19. The fourth-order valence-electron chi connectivity index (χ4n) is 5.19. The van der Waals surface area contributed by atoms with Crippen molar-refractivity contribution in [3.8, 4) is 5.69 Å². The predicted octanol–water partition coefficient (Wildman–Crippen LogP) is 5.42. The van der Waals surface area contributed by atoms with Crippen LogP contribution in [0.4, 0.5) is 4.39 Å². The van der Waals surface area contributed by atoms with Crippen molar-refractivity contribution in [1.82, 2.24) is 9.78 Å². The second-order valence-electron chi connectivity index (χ2n) is 8.40. The van der Waals surface area contributed by atoms with Crippen LogP contribution < -0.4 is 0 Å². The molecule has 2 aliphatic carbocycles. The van der Waals surface area contributed by atoms with Crippen molar-refractivity contribution in [3.05, 3.63) is 89.5 Å². The first-order valence-corrected chi connectivity index (χ1v) is 10.4. The van der Waals surface area contributed by atoms with Crippen molar-refractivity contribution in [2.24, 2.45) is 5.41 Å². The molecule has 0 radical (unpaired) electrons. The third-order valence-corrected chi connectivity index (χ3v) is 6.76. The Labute approximate surface area is 170 Å². The number of rotatable bonds is 2. The zero-order valence-electron chi connectivity index (χ0n) is 16.4. The summed E-state index contributed by atoms with van der Waals surface area (Å²) in [7, 11) is 0. The van der Waals surface area contributed by atoms with Gasteiger partial charge in [-0.2, -0.15) is 5.10 Å². The van der Waals surface area contributed by atoms with Crippen LogP contribution in [0.3, 0.4) is 0 Å². The van der Waals surface area contributed by atoms with Crippen molar-refractivity contribution in [2.75, 3.05) is 0 Å². The first-order chi connectivity index (χ1) is 14.1. The maximum absolute atomic E-state index is 13.3. The largest absolute Gasteiger partial charge is 0.384 e. The van der Waals surface area contributed by atoms with Crippen LogP contribution in [0, 0.1) is 11.2 Å². The molecule has 0 aliphatic heterocycles. The predicted molar refractivity (Wildman–Crippen MR) is 112 cm³/mol. The van der Waals surface area contributed by atoms with Crippen molar-refractivity contribution < 1.29 is 9.50 Å². The van der Waals surface area contributed by atoms with E-state index in [9.17, 15) is 9.50 Å². The molecule has 3 nitrogen and oxygen atoms in total. The van der Waals surface area contributed by atoms with Gasteiger partial charge in [0.25, 0.3) is 0 Å². The minimum Gasteiger partial charge on any atom is -0.384 e. The van der Waals surface area contributed by atoms with Gasteiger partial charge in [0.05, 0.1) is 23.2 Å². The van der Waals surface area contributed by atoms with Gasteiger partial charge in [-0.3, -0.25) is 0 Å². The second-order valence-corrected chi connectivity index (χ2v) is 8.40. The van der Waals surface area contributed by atoms with Crippen LogP contribution in [-0.4, -0.2) is 14.9 Å². The zero-order valence-corrected chi connectivity index (χ0v) is 16.4. The molecule has 1 saturated carbocycles.